The van der Waals surface area contributed by atoms with Gasteiger partial charge in [0.25, 0.3) is 0 Å². The fourth-order valence-electron chi connectivity index (χ4n) is 1.39. The van der Waals surface area contributed by atoms with E-state index in [1.165, 1.54) is 0 Å². The van der Waals surface area contributed by atoms with Crippen LogP contribution in [0, 0.1) is 0 Å². The van der Waals surface area contributed by atoms with Crippen molar-refractivity contribution < 1.29 is 19.0 Å². The van der Waals surface area contributed by atoms with Crippen LogP contribution in [0.2, 0.25) is 0 Å². The summed E-state index contributed by atoms with van der Waals surface area (Å²) in [6.45, 7) is 8.21. The summed E-state index contributed by atoms with van der Waals surface area (Å²) in [5.74, 6) is -0.170. The Morgan fingerprint density at radius 2 is 1.83 bits per heavy atom. The van der Waals surface area contributed by atoms with Crippen molar-refractivity contribution in [1.82, 2.24) is 4.90 Å². The first-order valence-corrected chi connectivity index (χ1v) is 6.69. The summed E-state index contributed by atoms with van der Waals surface area (Å²) in [4.78, 5) is 13.6. The van der Waals surface area contributed by atoms with Gasteiger partial charge in [-0.15, -0.1) is 0 Å². The van der Waals surface area contributed by atoms with Gasteiger partial charge in [0.15, 0.2) is 0 Å². The number of rotatable bonds is 12. The summed E-state index contributed by atoms with van der Waals surface area (Å²) in [5, 5.41) is 0. The van der Waals surface area contributed by atoms with Gasteiger partial charge in [0.1, 0.15) is 0 Å². The minimum atomic E-state index is -0.170. The third kappa shape index (κ3) is 10.5. The summed E-state index contributed by atoms with van der Waals surface area (Å²) in [6.07, 6.45) is 1.95. The first-order chi connectivity index (χ1) is 8.74. The van der Waals surface area contributed by atoms with Gasteiger partial charge in [-0.2, -0.15) is 0 Å². The zero-order chi connectivity index (χ0) is 13.6. The molecule has 0 aromatic heterocycles. The molecule has 0 saturated heterocycles. The predicted molar refractivity (Wildman–Crippen MR) is 70.7 cm³/mol. The summed E-state index contributed by atoms with van der Waals surface area (Å²) < 4.78 is 15.5. The predicted octanol–water partition coefficient (Wildman–Crippen LogP) is 1.31. The Labute approximate surface area is 110 Å². The quantitative estimate of drug-likeness (QED) is 0.391. The van der Waals surface area contributed by atoms with Gasteiger partial charge in [-0.1, -0.05) is 13.3 Å². The molecule has 0 aromatic carbocycles. The van der Waals surface area contributed by atoms with Crippen LogP contribution in [0.4, 0.5) is 0 Å². The molecule has 0 bridgehead atoms. The molecule has 5 heteroatoms. The first-order valence-electron chi connectivity index (χ1n) is 6.69. The maximum Gasteiger partial charge on any atom is 0.320 e. The van der Waals surface area contributed by atoms with Gasteiger partial charge in [-0.3, -0.25) is 9.69 Å². The maximum absolute atomic E-state index is 11.6. The molecule has 0 aliphatic heterocycles. The standard InChI is InChI=1S/C13H27NO4/c1-4-6-9-18-13(15)12-14(7-10-16-3)8-11-17-5-2/h4-12H2,1-3H3. The molecule has 5 nitrogen and oxygen atoms in total. The molecule has 0 aromatic rings. The van der Waals surface area contributed by atoms with Crippen LogP contribution in [0.3, 0.4) is 0 Å². The van der Waals surface area contributed by atoms with Gasteiger partial charge in [0.05, 0.1) is 26.4 Å². The van der Waals surface area contributed by atoms with Crippen LogP contribution in [0.25, 0.3) is 0 Å². The Bertz CT molecular complexity index is 199. The van der Waals surface area contributed by atoms with Gasteiger partial charge in [-0.25, -0.2) is 0 Å². The molecule has 0 N–H and O–H groups in total. The number of methoxy groups -OCH3 is 1. The van der Waals surface area contributed by atoms with Crippen LogP contribution in [0.1, 0.15) is 26.7 Å². The Morgan fingerprint density at radius 3 is 2.44 bits per heavy atom. The Kier molecular flexibility index (Phi) is 12.3. The number of unbranched alkanes of at least 4 members (excludes halogenated alkanes) is 1. The lowest BCUT2D eigenvalue weighted by Gasteiger charge is -2.20. The Hall–Kier alpha value is -0.650. The SMILES string of the molecule is CCCCOC(=O)CN(CCOC)CCOCC. The van der Waals surface area contributed by atoms with E-state index in [1.807, 2.05) is 11.8 Å². The number of carbonyl (C=O) groups is 1. The normalized spacial score (nSPS) is 10.9. The minimum Gasteiger partial charge on any atom is -0.465 e. The van der Waals surface area contributed by atoms with Crippen molar-refractivity contribution in [2.75, 3.05) is 53.2 Å². The second kappa shape index (κ2) is 12.8. The lowest BCUT2D eigenvalue weighted by atomic mass is 10.4. The molecule has 0 fully saturated rings. The van der Waals surface area contributed by atoms with E-state index in [9.17, 15) is 4.79 Å². The summed E-state index contributed by atoms with van der Waals surface area (Å²) in [6, 6.07) is 0. The molecule has 0 rings (SSSR count). The third-order valence-corrected chi connectivity index (χ3v) is 2.48. The van der Waals surface area contributed by atoms with Crippen LogP contribution >= 0.6 is 0 Å². The number of carbonyl (C=O) groups excluding carboxylic acids is 1. The fourth-order valence-corrected chi connectivity index (χ4v) is 1.39. The lowest BCUT2D eigenvalue weighted by Crippen LogP contribution is -2.36. The van der Waals surface area contributed by atoms with Gasteiger partial charge in [0.2, 0.25) is 0 Å². The lowest BCUT2D eigenvalue weighted by molar-refractivity contribution is -0.145. The molecule has 0 spiro atoms. The highest BCUT2D eigenvalue weighted by atomic mass is 16.5. The van der Waals surface area contributed by atoms with Crippen molar-refractivity contribution in [3.8, 4) is 0 Å². The third-order valence-electron chi connectivity index (χ3n) is 2.48. The molecule has 0 aliphatic rings. The molecule has 18 heavy (non-hydrogen) atoms. The number of nitrogens with zero attached hydrogens (tertiary/aromatic N) is 1. The molecule has 0 aliphatic carbocycles. The van der Waals surface area contributed by atoms with Gasteiger partial charge >= 0.3 is 5.97 Å². The largest absolute Gasteiger partial charge is 0.465 e. The van der Waals surface area contributed by atoms with Crippen molar-refractivity contribution >= 4 is 5.97 Å². The summed E-state index contributed by atoms with van der Waals surface area (Å²) in [5.41, 5.74) is 0. The second-order valence-corrected chi connectivity index (χ2v) is 4.04. The van der Waals surface area contributed by atoms with Crippen molar-refractivity contribution in [2.24, 2.45) is 0 Å². The second-order valence-electron chi connectivity index (χ2n) is 4.04. The monoisotopic (exact) mass is 261 g/mol. The van der Waals surface area contributed by atoms with Crippen molar-refractivity contribution in [2.45, 2.75) is 26.7 Å². The number of esters is 1. The highest BCUT2D eigenvalue weighted by molar-refractivity contribution is 5.71. The van der Waals surface area contributed by atoms with E-state index in [4.69, 9.17) is 14.2 Å². The first kappa shape index (κ1) is 17.4. The molecular weight excluding hydrogens is 234 g/mol. The number of hydrogen-bond donors (Lipinski definition) is 0. The van der Waals surface area contributed by atoms with E-state index in [-0.39, 0.29) is 5.97 Å². The fraction of sp³-hybridized carbons (Fsp3) is 0.923. The number of hydrogen-bond acceptors (Lipinski definition) is 5. The molecule has 108 valence electrons. The zero-order valence-corrected chi connectivity index (χ0v) is 11.9. The topological polar surface area (TPSA) is 48.0 Å². The molecule has 0 atom stereocenters. The van der Waals surface area contributed by atoms with Crippen LogP contribution in [-0.4, -0.2) is 64.0 Å². The average molecular weight is 261 g/mol. The molecular formula is C13H27NO4. The maximum atomic E-state index is 11.6. The molecule has 0 amide bonds. The van der Waals surface area contributed by atoms with Crippen LogP contribution in [0.15, 0.2) is 0 Å². The van der Waals surface area contributed by atoms with Crippen molar-refractivity contribution in [3.63, 3.8) is 0 Å². The van der Waals surface area contributed by atoms with E-state index in [1.54, 1.807) is 7.11 Å². The van der Waals surface area contributed by atoms with E-state index in [2.05, 4.69) is 6.92 Å². The van der Waals surface area contributed by atoms with E-state index >= 15 is 0 Å². The summed E-state index contributed by atoms with van der Waals surface area (Å²) >= 11 is 0. The van der Waals surface area contributed by atoms with Gasteiger partial charge in [-0.05, 0) is 13.3 Å². The molecule has 0 unspecified atom stereocenters. The minimum absolute atomic E-state index is 0.170. The van der Waals surface area contributed by atoms with Crippen molar-refractivity contribution in [3.05, 3.63) is 0 Å². The Morgan fingerprint density at radius 1 is 1.11 bits per heavy atom. The molecule has 0 saturated carbocycles. The van der Waals surface area contributed by atoms with E-state index in [0.29, 0.717) is 39.5 Å². The molecule has 0 radical (unpaired) electrons. The highest BCUT2D eigenvalue weighted by Crippen LogP contribution is 1.94. The zero-order valence-electron chi connectivity index (χ0n) is 11.9. The summed E-state index contributed by atoms with van der Waals surface area (Å²) in [7, 11) is 1.65. The highest BCUT2D eigenvalue weighted by Gasteiger charge is 2.11. The Balaban J connectivity index is 3.84. The van der Waals surface area contributed by atoms with E-state index in [0.717, 1.165) is 19.4 Å². The van der Waals surface area contributed by atoms with Crippen LogP contribution in [0.5, 0.6) is 0 Å². The van der Waals surface area contributed by atoms with Crippen LogP contribution < -0.4 is 0 Å². The van der Waals surface area contributed by atoms with E-state index < -0.39 is 0 Å². The average Bonchev–Trinajstić information content (AvgIpc) is 2.36. The number of ether oxygens (including phenoxy) is 3. The van der Waals surface area contributed by atoms with Gasteiger partial charge < -0.3 is 14.2 Å². The smallest absolute Gasteiger partial charge is 0.320 e. The van der Waals surface area contributed by atoms with Crippen molar-refractivity contribution in [1.29, 1.82) is 0 Å². The van der Waals surface area contributed by atoms with Gasteiger partial charge in [0, 0.05) is 26.8 Å². The van der Waals surface area contributed by atoms with Crippen LogP contribution in [-0.2, 0) is 19.0 Å². The molecule has 0 heterocycles.